The lowest BCUT2D eigenvalue weighted by Crippen LogP contribution is -2.44. The molecule has 0 radical (unpaired) electrons. The molecular formula is C16H22N4O2. The van der Waals surface area contributed by atoms with Gasteiger partial charge in [0.05, 0.1) is 13.2 Å². The Morgan fingerprint density at radius 3 is 2.68 bits per heavy atom. The Morgan fingerprint density at radius 1 is 1.23 bits per heavy atom. The lowest BCUT2D eigenvalue weighted by molar-refractivity contribution is 0.0343. The third-order valence-electron chi connectivity index (χ3n) is 3.86. The van der Waals surface area contributed by atoms with Crippen molar-refractivity contribution in [3.05, 3.63) is 36.2 Å². The van der Waals surface area contributed by atoms with Crippen LogP contribution in [0.5, 0.6) is 0 Å². The highest BCUT2D eigenvalue weighted by Gasteiger charge is 2.13. The number of benzene rings is 1. The van der Waals surface area contributed by atoms with Gasteiger partial charge in [0.2, 0.25) is 12.2 Å². The molecule has 0 saturated carbocycles. The van der Waals surface area contributed by atoms with E-state index in [4.69, 9.17) is 9.26 Å². The first-order chi connectivity index (χ1) is 10.8. The van der Waals surface area contributed by atoms with E-state index in [1.807, 2.05) is 12.1 Å². The van der Waals surface area contributed by atoms with E-state index in [0.29, 0.717) is 11.9 Å². The number of hydrogen-bond acceptors (Lipinski definition) is 6. The topological polar surface area (TPSA) is 63.4 Å². The zero-order valence-electron chi connectivity index (χ0n) is 12.9. The summed E-state index contributed by atoms with van der Waals surface area (Å²) in [5, 5.41) is 7.41. The van der Waals surface area contributed by atoms with Gasteiger partial charge >= 0.3 is 0 Å². The molecule has 1 N–H and O–H groups in total. The van der Waals surface area contributed by atoms with Crippen LogP contribution < -0.4 is 5.32 Å². The third-order valence-corrected chi connectivity index (χ3v) is 3.86. The van der Waals surface area contributed by atoms with Crippen LogP contribution in [-0.4, -0.2) is 53.9 Å². The summed E-state index contributed by atoms with van der Waals surface area (Å²) >= 11 is 0. The summed E-state index contributed by atoms with van der Waals surface area (Å²) < 4.78 is 10.1. The molecule has 6 nitrogen and oxygen atoms in total. The van der Waals surface area contributed by atoms with Crippen molar-refractivity contribution >= 4 is 0 Å². The molecule has 1 aliphatic rings. The summed E-state index contributed by atoms with van der Waals surface area (Å²) in [5.41, 5.74) is 2.22. The van der Waals surface area contributed by atoms with Gasteiger partial charge in [-0.3, -0.25) is 4.90 Å². The summed E-state index contributed by atoms with van der Waals surface area (Å²) in [6.45, 7) is 7.91. The van der Waals surface area contributed by atoms with Crippen LogP contribution in [0.2, 0.25) is 0 Å². The van der Waals surface area contributed by atoms with Gasteiger partial charge in [0.15, 0.2) is 0 Å². The van der Waals surface area contributed by atoms with Gasteiger partial charge in [0.25, 0.3) is 0 Å². The molecule has 1 aliphatic heterocycles. The normalized spacial score (nSPS) is 17.5. The van der Waals surface area contributed by atoms with Crippen LogP contribution in [0.4, 0.5) is 0 Å². The van der Waals surface area contributed by atoms with Crippen molar-refractivity contribution in [2.24, 2.45) is 0 Å². The predicted octanol–water partition coefficient (Wildman–Crippen LogP) is 1.55. The van der Waals surface area contributed by atoms with E-state index in [0.717, 1.165) is 45.0 Å². The number of hydrogen-bond donors (Lipinski definition) is 1. The van der Waals surface area contributed by atoms with E-state index in [2.05, 4.69) is 39.4 Å². The molecule has 2 aromatic rings. The van der Waals surface area contributed by atoms with Gasteiger partial charge < -0.3 is 14.6 Å². The Balaban J connectivity index is 1.46. The average Bonchev–Trinajstić information content (AvgIpc) is 3.09. The van der Waals surface area contributed by atoms with Crippen LogP contribution >= 0.6 is 0 Å². The molecule has 2 heterocycles. The summed E-state index contributed by atoms with van der Waals surface area (Å²) in [5.74, 6) is 0.625. The molecule has 0 aliphatic carbocycles. The van der Waals surface area contributed by atoms with Gasteiger partial charge in [-0.25, -0.2) is 0 Å². The first-order valence-electron chi connectivity index (χ1n) is 7.70. The molecule has 3 rings (SSSR count). The number of ether oxygens (including phenoxy) is 1. The molecule has 0 spiro atoms. The predicted molar refractivity (Wildman–Crippen MR) is 83.3 cm³/mol. The first kappa shape index (κ1) is 15.1. The molecule has 1 aromatic heterocycles. The maximum atomic E-state index is 5.37. The van der Waals surface area contributed by atoms with Crippen molar-refractivity contribution < 1.29 is 9.26 Å². The fourth-order valence-corrected chi connectivity index (χ4v) is 2.60. The fraction of sp³-hybridized carbons (Fsp3) is 0.500. The Morgan fingerprint density at radius 2 is 2.00 bits per heavy atom. The standard InChI is InChI=1S/C16H22N4O2/c1-13(11-20-6-8-21-9-7-20)17-10-14-2-4-15(5-3-14)16-18-12-22-19-16/h2-5,12-13,17H,6-11H2,1H3/t13-/m0/s1. The molecule has 0 bridgehead atoms. The Bertz CT molecular complexity index is 550. The lowest BCUT2D eigenvalue weighted by Gasteiger charge is -2.29. The molecule has 118 valence electrons. The van der Waals surface area contributed by atoms with Gasteiger partial charge in [-0.05, 0) is 12.5 Å². The fourth-order valence-electron chi connectivity index (χ4n) is 2.60. The molecule has 6 heteroatoms. The second kappa shape index (κ2) is 7.49. The largest absolute Gasteiger partial charge is 0.379 e. The Hall–Kier alpha value is -1.76. The van der Waals surface area contributed by atoms with E-state index in [9.17, 15) is 0 Å². The second-order valence-corrected chi connectivity index (χ2v) is 5.65. The number of morpholine rings is 1. The van der Waals surface area contributed by atoms with Crippen LogP contribution in [0.15, 0.2) is 35.2 Å². The van der Waals surface area contributed by atoms with Crippen LogP contribution in [0.25, 0.3) is 11.4 Å². The Labute approximate surface area is 130 Å². The zero-order valence-corrected chi connectivity index (χ0v) is 12.9. The highest BCUT2D eigenvalue weighted by Crippen LogP contribution is 2.15. The summed E-state index contributed by atoms with van der Waals surface area (Å²) in [6, 6.07) is 8.69. The van der Waals surface area contributed by atoms with E-state index in [1.54, 1.807) is 0 Å². The molecular weight excluding hydrogens is 280 g/mol. The quantitative estimate of drug-likeness (QED) is 0.873. The minimum Gasteiger partial charge on any atom is -0.379 e. The average molecular weight is 302 g/mol. The smallest absolute Gasteiger partial charge is 0.214 e. The monoisotopic (exact) mass is 302 g/mol. The second-order valence-electron chi connectivity index (χ2n) is 5.65. The maximum Gasteiger partial charge on any atom is 0.214 e. The maximum absolute atomic E-state index is 5.37. The van der Waals surface area contributed by atoms with Crippen molar-refractivity contribution in [1.82, 2.24) is 20.4 Å². The number of aromatic nitrogens is 2. The molecule has 0 amide bonds. The molecule has 1 fully saturated rings. The molecule has 1 aromatic carbocycles. The van der Waals surface area contributed by atoms with E-state index in [-0.39, 0.29) is 0 Å². The van der Waals surface area contributed by atoms with Crippen molar-refractivity contribution in [3.8, 4) is 11.4 Å². The van der Waals surface area contributed by atoms with Crippen molar-refractivity contribution in [2.45, 2.75) is 19.5 Å². The van der Waals surface area contributed by atoms with Gasteiger partial charge in [0, 0.05) is 37.8 Å². The number of rotatable bonds is 6. The third kappa shape index (κ3) is 4.13. The SMILES string of the molecule is C[C@@H](CN1CCOCC1)NCc1ccc(-c2ncon2)cc1. The first-order valence-corrected chi connectivity index (χ1v) is 7.70. The zero-order chi connectivity index (χ0) is 15.2. The lowest BCUT2D eigenvalue weighted by atomic mass is 10.1. The minimum atomic E-state index is 0.454. The van der Waals surface area contributed by atoms with Crippen LogP contribution in [0.1, 0.15) is 12.5 Å². The van der Waals surface area contributed by atoms with Gasteiger partial charge in [-0.15, -0.1) is 0 Å². The van der Waals surface area contributed by atoms with Crippen molar-refractivity contribution in [3.63, 3.8) is 0 Å². The van der Waals surface area contributed by atoms with Crippen LogP contribution in [-0.2, 0) is 11.3 Å². The van der Waals surface area contributed by atoms with Crippen molar-refractivity contribution in [1.29, 1.82) is 0 Å². The number of nitrogens with one attached hydrogen (secondary N) is 1. The summed E-state index contributed by atoms with van der Waals surface area (Å²) in [4.78, 5) is 6.49. The molecule has 1 saturated heterocycles. The summed E-state index contributed by atoms with van der Waals surface area (Å²) in [7, 11) is 0. The van der Waals surface area contributed by atoms with E-state index in [1.165, 1.54) is 12.0 Å². The summed E-state index contributed by atoms with van der Waals surface area (Å²) in [6.07, 6.45) is 1.35. The van der Waals surface area contributed by atoms with Gasteiger partial charge in [-0.1, -0.05) is 29.4 Å². The molecule has 22 heavy (non-hydrogen) atoms. The highest BCUT2D eigenvalue weighted by molar-refractivity contribution is 5.54. The molecule has 1 atom stereocenters. The highest BCUT2D eigenvalue weighted by atomic mass is 16.5. The van der Waals surface area contributed by atoms with E-state index < -0.39 is 0 Å². The van der Waals surface area contributed by atoms with Gasteiger partial charge in [-0.2, -0.15) is 4.98 Å². The number of nitrogens with zero attached hydrogens (tertiary/aromatic N) is 3. The van der Waals surface area contributed by atoms with Gasteiger partial charge in [0.1, 0.15) is 0 Å². The van der Waals surface area contributed by atoms with E-state index >= 15 is 0 Å². The van der Waals surface area contributed by atoms with Crippen LogP contribution in [0, 0.1) is 0 Å². The van der Waals surface area contributed by atoms with Crippen molar-refractivity contribution in [2.75, 3.05) is 32.8 Å². The minimum absolute atomic E-state index is 0.454. The molecule has 0 unspecified atom stereocenters. The Kier molecular flexibility index (Phi) is 5.15. The van der Waals surface area contributed by atoms with Crippen LogP contribution in [0.3, 0.4) is 0 Å².